The minimum atomic E-state index is -3.68. The molecule has 106 valence electrons. The van der Waals surface area contributed by atoms with Gasteiger partial charge in [-0.25, -0.2) is 8.42 Å². The first-order valence-electron chi connectivity index (χ1n) is 5.69. The van der Waals surface area contributed by atoms with Crippen LogP contribution in [0.15, 0.2) is 51.8 Å². The Kier molecular flexibility index (Phi) is 4.70. The number of hydrogen-bond acceptors (Lipinski definition) is 3. The molecule has 0 aliphatic carbocycles. The van der Waals surface area contributed by atoms with Gasteiger partial charge in [0.15, 0.2) is 0 Å². The zero-order chi connectivity index (χ0) is 14.8. The van der Waals surface area contributed by atoms with Crippen molar-refractivity contribution in [3.8, 4) is 0 Å². The number of anilines is 1. The third-order valence-electron chi connectivity index (χ3n) is 2.62. The van der Waals surface area contributed by atoms with E-state index in [1.807, 2.05) is 0 Å². The van der Waals surface area contributed by atoms with Crippen LogP contribution in [0.5, 0.6) is 0 Å². The predicted octanol–water partition coefficient (Wildman–Crippen LogP) is 3.36. The van der Waals surface area contributed by atoms with Gasteiger partial charge >= 0.3 is 0 Å². The van der Waals surface area contributed by atoms with Gasteiger partial charge in [0.25, 0.3) is 10.0 Å². The molecule has 2 aromatic rings. The number of halogens is 2. The fourth-order valence-corrected chi connectivity index (χ4v) is 3.41. The molecule has 4 nitrogen and oxygen atoms in total. The van der Waals surface area contributed by atoms with Crippen molar-refractivity contribution in [3.63, 3.8) is 0 Å². The summed E-state index contributed by atoms with van der Waals surface area (Å²) in [5.74, 6) is 0. The van der Waals surface area contributed by atoms with Gasteiger partial charge in [-0.3, -0.25) is 4.72 Å². The van der Waals surface area contributed by atoms with Crippen molar-refractivity contribution in [2.24, 2.45) is 5.73 Å². The number of nitrogens with one attached hydrogen (secondary N) is 1. The van der Waals surface area contributed by atoms with Gasteiger partial charge in [0.05, 0.1) is 10.6 Å². The molecule has 2 aromatic carbocycles. The summed E-state index contributed by atoms with van der Waals surface area (Å²) < 4.78 is 27.7. The Balaban J connectivity index is 2.38. The molecule has 0 amide bonds. The van der Waals surface area contributed by atoms with E-state index in [4.69, 9.17) is 17.3 Å². The first kappa shape index (κ1) is 15.3. The molecular formula is C13H12BrClN2O2S. The molecule has 20 heavy (non-hydrogen) atoms. The molecule has 0 saturated heterocycles. The van der Waals surface area contributed by atoms with Gasteiger partial charge in [0.1, 0.15) is 0 Å². The van der Waals surface area contributed by atoms with Crippen LogP contribution >= 0.6 is 27.5 Å². The summed E-state index contributed by atoms with van der Waals surface area (Å²) in [5, 5.41) is 0.446. The van der Waals surface area contributed by atoms with Gasteiger partial charge in [0, 0.05) is 16.0 Å². The smallest absolute Gasteiger partial charge is 0.261 e. The van der Waals surface area contributed by atoms with Crippen LogP contribution in [0.3, 0.4) is 0 Å². The second-order valence-electron chi connectivity index (χ2n) is 4.08. The molecule has 0 unspecified atom stereocenters. The van der Waals surface area contributed by atoms with E-state index in [1.54, 1.807) is 30.3 Å². The summed E-state index contributed by atoms with van der Waals surface area (Å²) in [6.07, 6.45) is 0. The fraction of sp³-hybridized carbons (Fsp3) is 0.0769. The topological polar surface area (TPSA) is 72.2 Å². The number of sulfonamides is 1. The molecule has 0 aliphatic rings. The highest BCUT2D eigenvalue weighted by Gasteiger charge is 2.16. The molecule has 0 spiro atoms. The van der Waals surface area contributed by atoms with E-state index in [1.165, 1.54) is 12.1 Å². The van der Waals surface area contributed by atoms with Gasteiger partial charge in [-0.15, -0.1) is 0 Å². The molecule has 3 N–H and O–H groups in total. The predicted molar refractivity (Wildman–Crippen MR) is 84.3 cm³/mol. The standard InChI is InChI=1S/C13H12BrClN2O2S/c14-12-5-4-10(15)7-13(12)17-20(18,19)11-3-1-2-9(6-11)8-16/h1-7,17H,8,16H2. The third-order valence-corrected chi connectivity index (χ3v) is 4.91. The molecule has 0 fully saturated rings. The minimum absolute atomic E-state index is 0.160. The molecule has 0 saturated carbocycles. The summed E-state index contributed by atoms with van der Waals surface area (Å²) in [7, 11) is -3.68. The number of hydrogen-bond donors (Lipinski definition) is 2. The van der Waals surface area contributed by atoms with Crippen LogP contribution in [0.1, 0.15) is 5.56 Å². The maximum absolute atomic E-state index is 12.3. The normalized spacial score (nSPS) is 11.3. The van der Waals surface area contributed by atoms with Crippen LogP contribution in [-0.4, -0.2) is 8.42 Å². The van der Waals surface area contributed by atoms with Crippen molar-refractivity contribution in [1.82, 2.24) is 0 Å². The van der Waals surface area contributed by atoms with Crippen LogP contribution in [0.25, 0.3) is 0 Å². The lowest BCUT2D eigenvalue weighted by Gasteiger charge is -2.11. The Labute approximate surface area is 131 Å². The van der Waals surface area contributed by atoms with Crippen molar-refractivity contribution >= 4 is 43.2 Å². The minimum Gasteiger partial charge on any atom is -0.326 e. The van der Waals surface area contributed by atoms with Crippen molar-refractivity contribution < 1.29 is 8.42 Å². The highest BCUT2D eigenvalue weighted by atomic mass is 79.9. The molecule has 0 heterocycles. The zero-order valence-corrected chi connectivity index (χ0v) is 13.5. The van der Waals surface area contributed by atoms with E-state index in [0.717, 1.165) is 5.56 Å². The lowest BCUT2D eigenvalue weighted by atomic mass is 10.2. The Bertz CT molecular complexity index is 735. The molecule has 0 radical (unpaired) electrons. The highest BCUT2D eigenvalue weighted by molar-refractivity contribution is 9.10. The Hall–Kier alpha value is -1.08. The summed E-state index contributed by atoms with van der Waals surface area (Å²) in [4.78, 5) is 0.160. The van der Waals surface area contributed by atoms with Crippen LogP contribution in [0, 0.1) is 0 Å². The number of rotatable bonds is 4. The molecule has 0 bridgehead atoms. The monoisotopic (exact) mass is 374 g/mol. The van der Waals surface area contributed by atoms with Crippen LogP contribution in [-0.2, 0) is 16.6 Å². The fourth-order valence-electron chi connectivity index (χ4n) is 1.62. The van der Waals surface area contributed by atoms with E-state index in [2.05, 4.69) is 20.7 Å². The van der Waals surface area contributed by atoms with Gasteiger partial charge in [-0.2, -0.15) is 0 Å². The second-order valence-corrected chi connectivity index (χ2v) is 7.05. The van der Waals surface area contributed by atoms with Crippen LogP contribution < -0.4 is 10.5 Å². The van der Waals surface area contributed by atoms with Crippen molar-refractivity contribution in [2.75, 3.05) is 4.72 Å². The summed E-state index contributed by atoms with van der Waals surface area (Å²) >= 11 is 9.15. The average molecular weight is 376 g/mol. The second kappa shape index (κ2) is 6.13. The third kappa shape index (κ3) is 3.52. The van der Waals surface area contributed by atoms with Gasteiger partial charge in [-0.05, 0) is 51.8 Å². The number of benzene rings is 2. The van der Waals surface area contributed by atoms with Gasteiger partial charge in [0.2, 0.25) is 0 Å². The van der Waals surface area contributed by atoms with E-state index < -0.39 is 10.0 Å². The summed E-state index contributed by atoms with van der Waals surface area (Å²) in [6.45, 7) is 0.282. The lowest BCUT2D eigenvalue weighted by Crippen LogP contribution is -2.14. The SMILES string of the molecule is NCc1cccc(S(=O)(=O)Nc2cc(Cl)ccc2Br)c1. The summed E-state index contributed by atoms with van der Waals surface area (Å²) in [6, 6.07) is 11.4. The van der Waals surface area contributed by atoms with Crippen molar-refractivity contribution in [1.29, 1.82) is 0 Å². The first-order valence-corrected chi connectivity index (χ1v) is 8.34. The largest absolute Gasteiger partial charge is 0.326 e. The Morgan fingerprint density at radius 3 is 2.65 bits per heavy atom. The van der Waals surface area contributed by atoms with E-state index >= 15 is 0 Å². The maximum Gasteiger partial charge on any atom is 0.261 e. The Morgan fingerprint density at radius 2 is 1.95 bits per heavy atom. The van der Waals surface area contributed by atoms with E-state index in [0.29, 0.717) is 15.2 Å². The van der Waals surface area contributed by atoms with Crippen molar-refractivity contribution in [3.05, 3.63) is 57.5 Å². The van der Waals surface area contributed by atoms with E-state index in [-0.39, 0.29) is 11.4 Å². The molecule has 0 aromatic heterocycles. The molecule has 0 aliphatic heterocycles. The lowest BCUT2D eigenvalue weighted by molar-refractivity contribution is 0.601. The first-order chi connectivity index (χ1) is 9.42. The molecule has 0 atom stereocenters. The zero-order valence-electron chi connectivity index (χ0n) is 10.3. The van der Waals surface area contributed by atoms with Gasteiger partial charge in [-0.1, -0.05) is 23.7 Å². The Morgan fingerprint density at radius 1 is 1.20 bits per heavy atom. The van der Waals surface area contributed by atoms with Crippen molar-refractivity contribution in [2.45, 2.75) is 11.4 Å². The summed E-state index contributed by atoms with van der Waals surface area (Å²) in [5.41, 5.74) is 6.65. The molecule has 7 heteroatoms. The molecule has 2 rings (SSSR count). The highest BCUT2D eigenvalue weighted by Crippen LogP contribution is 2.28. The van der Waals surface area contributed by atoms with Crippen LogP contribution in [0.4, 0.5) is 5.69 Å². The maximum atomic E-state index is 12.3. The quantitative estimate of drug-likeness (QED) is 0.860. The average Bonchev–Trinajstić information content (AvgIpc) is 2.43. The van der Waals surface area contributed by atoms with Gasteiger partial charge < -0.3 is 5.73 Å². The molecular weight excluding hydrogens is 364 g/mol. The van der Waals surface area contributed by atoms with Crippen LogP contribution in [0.2, 0.25) is 5.02 Å². The number of nitrogens with two attached hydrogens (primary N) is 1. The van der Waals surface area contributed by atoms with E-state index in [9.17, 15) is 8.42 Å².